The van der Waals surface area contributed by atoms with Crippen LogP contribution in [0.3, 0.4) is 0 Å². The number of thioether (sulfide) groups is 1. The first-order valence-electron chi connectivity index (χ1n) is 6.20. The summed E-state index contributed by atoms with van der Waals surface area (Å²) in [5, 5.41) is 0. The summed E-state index contributed by atoms with van der Waals surface area (Å²) in [6, 6.07) is 1.40. The zero-order valence-electron chi connectivity index (χ0n) is 10.2. The van der Waals surface area contributed by atoms with Gasteiger partial charge in [0.25, 0.3) is 0 Å². The fourth-order valence-electron chi connectivity index (χ4n) is 2.53. The molecule has 2 N–H and O–H groups in total. The molecule has 2 nitrogen and oxygen atoms in total. The topological polar surface area (TPSA) is 29.3 Å². The van der Waals surface area contributed by atoms with Crippen LogP contribution >= 0.6 is 11.8 Å². The second-order valence-electron chi connectivity index (χ2n) is 4.63. The van der Waals surface area contributed by atoms with Crippen molar-refractivity contribution in [2.24, 2.45) is 5.73 Å². The molecule has 0 spiro atoms. The van der Waals surface area contributed by atoms with Gasteiger partial charge in [0, 0.05) is 18.6 Å². The van der Waals surface area contributed by atoms with Gasteiger partial charge in [-0.3, -0.25) is 4.90 Å². The van der Waals surface area contributed by atoms with Gasteiger partial charge in [-0.25, -0.2) is 0 Å². The molecule has 0 amide bonds. The van der Waals surface area contributed by atoms with Crippen LogP contribution in [-0.4, -0.2) is 42.6 Å². The van der Waals surface area contributed by atoms with Crippen LogP contribution in [0.15, 0.2) is 0 Å². The average Bonchev–Trinajstić information content (AvgIpc) is 2.31. The minimum atomic E-state index is 0.598. The summed E-state index contributed by atoms with van der Waals surface area (Å²) in [6.07, 6.45) is 10.4. The fraction of sp³-hybridized carbons (Fsp3) is 1.00. The molecule has 1 aliphatic rings. The molecule has 1 aliphatic carbocycles. The van der Waals surface area contributed by atoms with Crippen molar-refractivity contribution in [1.82, 2.24) is 4.90 Å². The molecule has 1 rings (SSSR count). The van der Waals surface area contributed by atoms with Crippen LogP contribution in [-0.2, 0) is 0 Å². The van der Waals surface area contributed by atoms with Gasteiger partial charge in [0.1, 0.15) is 0 Å². The van der Waals surface area contributed by atoms with Crippen LogP contribution in [0, 0.1) is 0 Å². The quantitative estimate of drug-likeness (QED) is 0.759. The fourth-order valence-corrected chi connectivity index (χ4v) is 3.04. The summed E-state index contributed by atoms with van der Waals surface area (Å²) < 4.78 is 0. The van der Waals surface area contributed by atoms with Crippen molar-refractivity contribution in [3.8, 4) is 0 Å². The number of rotatable bonds is 6. The second kappa shape index (κ2) is 7.53. The molecular weight excluding hydrogens is 204 g/mol. The minimum absolute atomic E-state index is 0.598. The number of nitrogens with two attached hydrogens (primary N) is 1. The van der Waals surface area contributed by atoms with Gasteiger partial charge < -0.3 is 5.73 Å². The Hall–Kier alpha value is 0.270. The second-order valence-corrected chi connectivity index (χ2v) is 5.61. The van der Waals surface area contributed by atoms with E-state index in [1.807, 2.05) is 11.8 Å². The molecule has 0 bridgehead atoms. The highest BCUT2D eigenvalue weighted by Crippen LogP contribution is 2.23. The molecule has 1 atom stereocenters. The maximum absolute atomic E-state index is 5.87. The van der Waals surface area contributed by atoms with E-state index in [-0.39, 0.29) is 0 Å². The van der Waals surface area contributed by atoms with Crippen LogP contribution in [0.25, 0.3) is 0 Å². The Morgan fingerprint density at radius 3 is 2.53 bits per heavy atom. The summed E-state index contributed by atoms with van der Waals surface area (Å²) >= 11 is 1.93. The van der Waals surface area contributed by atoms with Crippen LogP contribution < -0.4 is 5.73 Å². The lowest BCUT2D eigenvalue weighted by Gasteiger charge is -2.36. The zero-order chi connectivity index (χ0) is 11.1. The Morgan fingerprint density at radius 2 is 2.00 bits per heavy atom. The van der Waals surface area contributed by atoms with Gasteiger partial charge in [0.15, 0.2) is 0 Å². The predicted molar refractivity (Wildman–Crippen MR) is 70.5 cm³/mol. The van der Waals surface area contributed by atoms with E-state index in [0.717, 1.165) is 12.6 Å². The van der Waals surface area contributed by atoms with Gasteiger partial charge in [0.05, 0.1) is 0 Å². The highest BCUT2D eigenvalue weighted by molar-refractivity contribution is 7.98. The van der Waals surface area contributed by atoms with Crippen molar-refractivity contribution in [2.75, 3.05) is 25.6 Å². The molecule has 0 heterocycles. The standard InChI is InChI=1S/C12H26N2S/c1-14(11-6-4-3-5-7-11)12(10-13)8-9-15-2/h11-12H,3-10,13H2,1-2H3. The van der Waals surface area contributed by atoms with Crippen LogP contribution in [0.2, 0.25) is 0 Å². The van der Waals surface area contributed by atoms with Crippen molar-refractivity contribution in [2.45, 2.75) is 50.6 Å². The van der Waals surface area contributed by atoms with Gasteiger partial charge in [0.2, 0.25) is 0 Å². The maximum Gasteiger partial charge on any atom is 0.0226 e. The first-order valence-corrected chi connectivity index (χ1v) is 7.60. The van der Waals surface area contributed by atoms with Gasteiger partial charge in [-0.15, -0.1) is 0 Å². The molecule has 0 saturated heterocycles. The molecule has 1 unspecified atom stereocenters. The van der Waals surface area contributed by atoms with E-state index in [1.54, 1.807) is 0 Å². The molecular formula is C12H26N2S. The van der Waals surface area contributed by atoms with E-state index in [4.69, 9.17) is 5.73 Å². The van der Waals surface area contributed by atoms with E-state index < -0.39 is 0 Å². The molecule has 1 saturated carbocycles. The Morgan fingerprint density at radius 1 is 1.33 bits per heavy atom. The van der Waals surface area contributed by atoms with E-state index in [1.165, 1.54) is 44.3 Å². The van der Waals surface area contributed by atoms with Crippen LogP contribution in [0.4, 0.5) is 0 Å². The largest absolute Gasteiger partial charge is 0.329 e. The van der Waals surface area contributed by atoms with Gasteiger partial charge in [-0.1, -0.05) is 19.3 Å². The number of likely N-dealkylation sites (N-methyl/N-ethyl adjacent to an activating group) is 1. The molecule has 3 heteroatoms. The number of nitrogens with zero attached hydrogens (tertiary/aromatic N) is 1. The smallest absolute Gasteiger partial charge is 0.0226 e. The SMILES string of the molecule is CSCCC(CN)N(C)C1CCCCC1. The summed E-state index contributed by atoms with van der Waals surface area (Å²) in [6.45, 7) is 0.813. The summed E-state index contributed by atoms with van der Waals surface area (Å²) in [5.41, 5.74) is 5.87. The third-order valence-corrected chi connectivity index (χ3v) is 4.30. The minimum Gasteiger partial charge on any atom is -0.329 e. The normalized spacial score (nSPS) is 20.8. The average molecular weight is 230 g/mol. The third-order valence-electron chi connectivity index (χ3n) is 3.65. The van der Waals surface area contributed by atoms with Gasteiger partial charge in [-0.2, -0.15) is 11.8 Å². The van der Waals surface area contributed by atoms with Crippen molar-refractivity contribution in [3.63, 3.8) is 0 Å². The molecule has 1 fully saturated rings. The van der Waals surface area contributed by atoms with Crippen molar-refractivity contribution < 1.29 is 0 Å². The van der Waals surface area contributed by atoms with Gasteiger partial charge >= 0.3 is 0 Å². The Balaban J connectivity index is 2.36. The maximum atomic E-state index is 5.87. The first-order chi connectivity index (χ1) is 7.29. The Labute approximate surface area is 99.0 Å². The number of hydrogen-bond acceptors (Lipinski definition) is 3. The number of hydrogen-bond donors (Lipinski definition) is 1. The summed E-state index contributed by atoms with van der Waals surface area (Å²) in [7, 11) is 2.27. The molecule has 15 heavy (non-hydrogen) atoms. The molecule has 0 aromatic rings. The highest BCUT2D eigenvalue weighted by Gasteiger charge is 2.23. The Bertz CT molecular complexity index is 158. The van der Waals surface area contributed by atoms with Crippen LogP contribution in [0.1, 0.15) is 38.5 Å². The lowest BCUT2D eigenvalue weighted by atomic mass is 9.93. The van der Waals surface area contributed by atoms with E-state index >= 15 is 0 Å². The van der Waals surface area contributed by atoms with Crippen molar-refractivity contribution >= 4 is 11.8 Å². The van der Waals surface area contributed by atoms with Crippen molar-refractivity contribution in [3.05, 3.63) is 0 Å². The van der Waals surface area contributed by atoms with E-state index in [9.17, 15) is 0 Å². The van der Waals surface area contributed by atoms with Gasteiger partial charge in [-0.05, 0) is 38.3 Å². The summed E-state index contributed by atoms with van der Waals surface area (Å²) in [5.74, 6) is 1.24. The first kappa shape index (κ1) is 13.3. The monoisotopic (exact) mass is 230 g/mol. The lowest BCUT2D eigenvalue weighted by molar-refractivity contribution is 0.138. The summed E-state index contributed by atoms with van der Waals surface area (Å²) in [4.78, 5) is 2.55. The predicted octanol–water partition coefficient (Wildman–Crippen LogP) is 2.33. The molecule has 0 aromatic heterocycles. The van der Waals surface area contributed by atoms with E-state index in [0.29, 0.717) is 6.04 Å². The molecule has 0 aromatic carbocycles. The lowest BCUT2D eigenvalue weighted by Crippen LogP contribution is -2.45. The molecule has 90 valence electrons. The Kier molecular flexibility index (Phi) is 6.69. The van der Waals surface area contributed by atoms with E-state index in [2.05, 4.69) is 18.2 Å². The third kappa shape index (κ3) is 4.33. The molecule has 0 aliphatic heterocycles. The molecule has 0 radical (unpaired) electrons. The highest BCUT2D eigenvalue weighted by atomic mass is 32.2. The van der Waals surface area contributed by atoms with Crippen molar-refractivity contribution in [1.29, 1.82) is 0 Å². The van der Waals surface area contributed by atoms with Crippen LogP contribution in [0.5, 0.6) is 0 Å². The zero-order valence-corrected chi connectivity index (χ0v) is 11.1.